The summed E-state index contributed by atoms with van der Waals surface area (Å²) in [5.41, 5.74) is 4.38. The second-order valence-electron chi connectivity index (χ2n) is 5.96. The highest BCUT2D eigenvalue weighted by molar-refractivity contribution is 5.82. The lowest BCUT2D eigenvalue weighted by Gasteiger charge is -2.18. The van der Waals surface area contributed by atoms with E-state index in [4.69, 9.17) is 23.5 Å². The third-order valence-electron chi connectivity index (χ3n) is 4.36. The minimum Gasteiger partial charge on any atom is -0.493 e. The summed E-state index contributed by atoms with van der Waals surface area (Å²) in [6.07, 6.45) is 1.63. The third-order valence-corrected chi connectivity index (χ3v) is 4.36. The van der Waals surface area contributed by atoms with E-state index in [1.54, 1.807) is 20.5 Å². The van der Waals surface area contributed by atoms with Crippen LogP contribution in [-0.4, -0.2) is 32.6 Å². The van der Waals surface area contributed by atoms with Crippen LogP contribution in [0.1, 0.15) is 5.56 Å². The van der Waals surface area contributed by atoms with Crippen molar-refractivity contribution < 1.29 is 23.5 Å². The number of nitrogens with zero attached hydrogens (tertiary/aromatic N) is 1. The predicted molar refractivity (Wildman–Crippen MR) is 96.2 cm³/mol. The lowest BCUT2D eigenvalue weighted by molar-refractivity contribution is 0.171. The van der Waals surface area contributed by atoms with E-state index in [1.807, 2.05) is 37.3 Å². The van der Waals surface area contributed by atoms with E-state index in [9.17, 15) is 0 Å². The van der Waals surface area contributed by atoms with E-state index >= 15 is 0 Å². The molecule has 1 aromatic heterocycles. The molecule has 0 unspecified atom stereocenters. The summed E-state index contributed by atoms with van der Waals surface area (Å²) in [4.78, 5) is 0. The topological polar surface area (TPSA) is 63.0 Å². The Morgan fingerprint density at radius 1 is 0.923 bits per heavy atom. The molecule has 0 bridgehead atoms. The van der Waals surface area contributed by atoms with Gasteiger partial charge in [0, 0.05) is 11.1 Å². The molecule has 0 radical (unpaired) electrons. The van der Waals surface area contributed by atoms with Crippen molar-refractivity contribution in [3.8, 4) is 45.4 Å². The standard InChI is InChI=1S/C20H19NO5/c1-12-8-14(10-18(22-2)20(12)23-3)19-15(11-26-21-19)13-4-5-16-17(9-13)25-7-6-24-16/h4-5,8-11H,6-7H2,1-3H3. The van der Waals surface area contributed by atoms with Crippen LogP contribution in [0.5, 0.6) is 23.0 Å². The molecular formula is C20H19NO5. The monoisotopic (exact) mass is 353 g/mol. The SMILES string of the molecule is COc1cc(-c2nocc2-c2ccc3c(c2)OCCO3)cc(C)c1OC. The highest BCUT2D eigenvalue weighted by atomic mass is 16.6. The maximum Gasteiger partial charge on any atom is 0.163 e. The number of benzene rings is 2. The van der Waals surface area contributed by atoms with Crippen LogP contribution < -0.4 is 18.9 Å². The second-order valence-corrected chi connectivity index (χ2v) is 5.96. The van der Waals surface area contributed by atoms with Crippen LogP contribution in [0.25, 0.3) is 22.4 Å². The van der Waals surface area contributed by atoms with Gasteiger partial charge in [-0.05, 0) is 42.3 Å². The van der Waals surface area contributed by atoms with Crippen molar-refractivity contribution in [3.05, 3.63) is 42.2 Å². The molecule has 26 heavy (non-hydrogen) atoms. The number of fused-ring (bicyclic) bond motifs is 1. The van der Waals surface area contributed by atoms with Crippen molar-refractivity contribution >= 4 is 0 Å². The molecule has 0 aliphatic carbocycles. The van der Waals surface area contributed by atoms with E-state index in [0.29, 0.717) is 24.7 Å². The number of methoxy groups -OCH3 is 2. The zero-order chi connectivity index (χ0) is 18.1. The highest BCUT2D eigenvalue weighted by Gasteiger charge is 2.19. The number of hydrogen-bond acceptors (Lipinski definition) is 6. The van der Waals surface area contributed by atoms with Gasteiger partial charge in [0.1, 0.15) is 25.2 Å². The fourth-order valence-corrected chi connectivity index (χ4v) is 3.15. The lowest BCUT2D eigenvalue weighted by Crippen LogP contribution is -2.15. The molecular weight excluding hydrogens is 334 g/mol. The van der Waals surface area contributed by atoms with Gasteiger partial charge in [0.05, 0.1) is 14.2 Å². The van der Waals surface area contributed by atoms with Gasteiger partial charge in [0.15, 0.2) is 23.0 Å². The van der Waals surface area contributed by atoms with Gasteiger partial charge in [0.25, 0.3) is 0 Å². The van der Waals surface area contributed by atoms with Gasteiger partial charge in [0.2, 0.25) is 0 Å². The van der Waals surface area contributed by atoms with Gasteiger partial charge >= 0.3 is 0 Å². The average molecular weight is 353 g/mol. The molecule has 4 rings (SSSR count). The molecule has 0 saturated carbocycles. The Hall–Kier alpha value is -3.15. The maximum atomic E-state index is 5.68. The Morgan fingerprint density at radius 3 is 2.50 bits per heavy atom. The first-order valence-electron chi connectivity index (χ1n) is 8.28. The van der Waals surface area contributed by atoms with Gasteiger partial charge < -0.3 is 23.5 Å². The molecule has 0 atom stereocenters. The van der Waals surface area contributed by atoms with E-state index in [0.717, 1.165) is 39.4 Å². The van der Waals surface area contributed by atoms with Crippen molar-refractivity contribution in [3.63, 3.8) is 0 Å². The van der Waals surface area contributed by atoms with Crippen LogP contribution >= 0.6 is 0 Å². The third kappa shape index (κ3) is 2.73. The quantitative estimate of drug-likeness (QED) is 0.703. The van der Waals surface area contributed by atoms with Gasteiger partial charge in [-0.3, -0.25) is 0 Å². The number of aryl methyl sites for hydroxylation is 1. The number of aromatic nitrogens is 1. The molecule has 0 amide bonds. The first-order valence-corrected chi connectivity index (χ1v) is 8.28. The van der Waals surface area contributed by atoms with Crippen LogP contribution in [0, 0.1) is 6.92 Å². The summed E-state index contributed by atoms with van der Waals surface area (Å²) in [7, 11) is 3.24. The summed E-state index contributed by atoms with van der Waals surface area (Å²) >= 11 is 0. The molecule has 134 valence electrons. The lowest BCUT2D eigenvalue weighted by atomic mass is 9.99. The summed E-state index contributed by atoms with van der Waals surface area (Å²) in [5.74, 6) is 2.84. The van der Waals surface area contributed by atoms with Crippen LogP contribution in [0.2, 0.25) is 0 Å². The Kier molecular flexibility index (Phi) is 4.16. The van der Waals surface area contributed by atoms with Gasteiger partial charge in [-0.15, -0.1) is 0 Å². The Bertz CT molecular complexity index is 947. The molecule has 2 aromatic carbocycles. The van der Waals surface area contributed by atoms with Crippen molar-refractivity contribution in [2.24, 2.45) is 0 Å². The minimum atomic E-state index is 0.543. The molecule has 0 spiro atoms. The van der Waals surface area contributed by atoms with Gasteiger partial charge in [-0.25, -0.2) is 0 Å². The zero-order valence-electron chi connectivity index (χ0n) is 14.9. The summed E-state index contributed by atoms with van der Waals surface area (Å²) in [6, 6.07) is 9.71. The first-order chi connectivity index (χ1) is 12.7. The maximum absolute atomic E-state index is 5.68. The predicted octanol–water partition coefficient (Wildman–Crippen LogP) is 4.11. The summed E-state index contributed by atoms with van der Waals surface area (Å²) in [5, 5.41) is 4.20. The Morgan fingerprint density at radius 2 is 1.73 bits per heavy atom. The van der Waals surface area contributed by atoms with E-state index in [1.165, 1.54) is 0 Å². The van der Waals surface area contributed by atoms with Crippen molar-refractivity contribution in [2.45, 2.75) is 6.92 Å². The van der Waals surface area contributed by atoms with Crippen LogP contribution in [0.3, 0.4) is 0 Å². The normalized spacial score (nSPS) is 12.7. The van der Waals surface area contributed by atoms with E-state index in [-0.39, 0.29) is 0 Å². The van der Waals surface area contributed by atoms with E-state index < -0.39 is 0 Å². The van der Waals surface area contributed by atoms with Crippen molar-refractivity contribution in [1.82, 2.24) is 5.16 Å². The molecule has 6 heteroatoms. The summed E-state index contributed by atoms with van der Waals surface area (Å²) < 4.78 is 27.4. The fraction of sp³-hybridized carbons (Fsp3) is 0.250. The van der Waals surface area contributed by atoms with E-state index in [2.05, 4.69) is 5.16 Å². The molecule has 3 aromatic rings. The molecule has 1 aliphatic heterocycles. The minimum absolute atomic E-state index is 0.543. The second kappa shape index (κ2) is 6.63. The Labute approximate surface area is 151 Å². The number of ether oxygens (including phenoxy) is 4. The highest BCUT2D eigenvalue weighted by Crippen LogP contribution is 2.41. The van der Waals surface area contributed by atoms with Gasteiger partial charge in [-0.1, -0.05) is 11.2 Å². The van der Waals surface area contributed by atoms with Crippen LogP contribution in [-0.2, 0) is 0 Å². The molecule has 0 fully saturated rings. The number of hydrogen-bond donors (Lipinski definition) is 0. The van der Waals surface area contributed by atoms with Crippen LogP contribution in [0.4, 0.5) is 0 Å². The zero-order valence-corrected chi connectivity index (χ0v) is 14.9. The molecule has 6 nitrogen and oxygen atoms in total. The average Bonchev–Trinajstić information content (AvgIpc) is 3.16. The first kappa shape index (κ1) is 16.3. The fourth-order valence-electron chi connectivity index (χ4n) is 3.15. The van der Waals surface area contributed by atoms with Gasteiger partial charge in [-0.2, -0.15) is 0 Å². The molecule has 0 N–H and O–H groups in total. The smallest absolute Gasteiger partial charge is 0.163 e. The van der Waals surface area contributed by atoms with Crippen molar-refractivity contribution in [2.75, 3.05) is 27.4 Å². The van der Waals surface area contributed by atoms with Crippen LogP contribution in [0.15, 0.2) is 41.1 Å². The van der Waals surface area contributed by atoms with Crippen molar-refractivity contribution in [1.29, 1.82) is 0 Å². The largest absolute Gasteiger partial charge is 0.493 e. The summed E-state index contributed by atoms with van der Waals surface area (Å²) in [6.45, 7) is 3.08. The molecule has 0 saturated heterocycles. The molecule has 2 heterocycles. The molecule has 1 aliphatic rings. The Balaban J connectivity index is 1.80. The number of rotatable bonds is 4.